The Kier molecular flexibility index (Phi) is 5.60. The molecule has 1 aromatic heterocycles. The second kappa shape index (κ2) is 6.97. The fourth-order valence-electron chi connectivity index (χ4n) is 2.05. The average molecular weight is 265 g/mol. The van der Waals surface area contributed by atoms with E-state index in [2.05, 4.69) is 16.8 Å². The molecule has 0 atom stereocenters. The van der Waals surface area contributed by atoms with Crippen LogP contribution in [0.4, 0.5) is 11.5 Å². The van der Waals surface area contributed by atoms with Gasteiger partial charge >= 0.3 is 5.97 Å². The molecule has 0 aliphatic heterocycles. The molecule has 0 bridgehead atoms. The van der Waals surface area contributed by atoms with Gasteiger partial charge in [-0.3, -0.25) is 0 Å². The number of pyridine rings is 1. The summed E-state index contributed by atoms with van der Waals surface area (Å²) >= 11 is 0. The number of nitrogen functional groups attached to an aromatic ring is 1. The molecule has 0 amide bonds. The van der Waals surface area contributed by atoms with Crippen molar-refractivity contribution in [2.75, 3.05) is 17.2 Å². The lowest BCUT2D eigenvalue weighted by atomic mass is 10.1. The van der Waals surface area contributed by atoms with E-state index in [0.717, 1.165) is 25.8 Å². The van der Waals surface area contributed by atoms with Gasteiger partial charge in [0.2, 0.25) is 0 Å². The standard InChI is InChI=1S/C14H23N3O2/c1-4-5-6-7-17(10(2)3)12-9-16-13(15)8-11(12)14(18)19/h8-10H,4-7H2,1-3H3,(H2,15,16)(H,18,19). The van der Waals surface area contributed by atoms with Crippen molar-refractivity contribution < 1.29 is 9.90 Å². The van der Waals surface area contributed by atoms with Gasteiger partial charge in [0.25, 0.3) is 0 Å². The van der Waals surface area contributed by atoms with E-state index >= 15 is 0 Å². The van der Waals surface area contributed by atoms with Gasteiger partial charge in [-0.1, -0.05) is 19.8 Å². The van der Waals surface area contributed by atoms with Crippen molar-refractivity contribution in [3.8, 4) is 0 Å². The summed E-state index contributed by atoms with van der Waals surface area (Å²) in [5.41, 5.74) is 6.44. The lowest BCUT2D eigenvalue weighted by Crippen LogP contribution is -2.33. The lowest BCUT2D eigenvalue weighted by Gasteiger charge is -2.30. The van der Waals surface area contributed by atoms with E-state index in [1.807, 2.05) is 13.8 Å². The third-order valence-electron chi connectivity index (χ3n) is 3.07. The van der Waals surface area contributed by atoms with Crippen LogP contribution < -0.4 is 10.6 Å². The zero-order chi connectivity index (χ0) is 14.4. The van der Waals surface area contributed by atoms with Crippen LogP contribution in [0.3, 0.4) is 0 Å². The molecule has 0 spiro atoms. The zero-order valence-electron chi connectivity index (χ0n) is 11.9. The fraction of sp³-hybridized carbons (Fsp3) is 0.571. The third kappa shape index (κ3) is 4.12. The summed E-state index contributed by atoms with van der Waals surface area (Å²) in [7, 11) is 0. The number of carbonyl (C=O) groups is 1. The highest BCUT2D eigenvalue weighted by molar-refractivity contribution is 5.95. The maximum Gasteiger partial charge on any atom is 0.338 e. The SMILES string of the molecule is CCCCCN(c1cnc(N)cc1C(=O)O)C(C)C. The second-order valence-corrected chi connectivity index (χ2v) is 4.93. The summed E-state index contributed by atoms with van der Waals surface area (Å²) in [4.78, 5) is 17.4. The average Bonchev–Trinajstić information content (AvgIpc) is 2.35. The molecule has 0 unspecified atom stereocenters. The van der Waals surface area contributed by atoms with Crippen LogP contribution in [0.2, 0.25) is 0 Å². The van der Waals surface area contributed by atoms with Crippen LogP contribution in [0.15, 0.2) is 12.3 Å². The number of carboxylic acid groups (broad SMARTS) is 1. The molecule has 0 radical (unpaired) electrons. The van der Waals surface area contributed by atoms with Crippen LogP contribution in [0.5, 0.6) is 0 Å². The number of anilines is 2. The number of hydrogen-bond acceptors (Lipinski definition) is 4. The summed E-state index contributed by atoms with van der Waals surface area (Å²) in [6.45, 7) is 7.08. The van der Waals surface area contributed by atoms with Gasteiger partial charge in [0.05, 0.1) is 17.4 Å². The molecule has 1 heterocycles. The fourth-order valence-corrected chi connectivity index (χ4v) is 2.05. The van der Waals surface area contributed by atoms with Crippen molar-refractivity contribution in [2.45, 2.75) is 46.1 Å². The Labute approximate surface area is 114 Å². The normalized spacial score (nSPS) is 10.7. The van der Waals surface area contributed by atoms with Gasteiger partial charge in [-0.05, 0) is 26.3 Å². The number of aromatic carboxylic acids is 1. The third-order valence-corrected chi connectivity index (χ3v) is 3.07. The Morgan fingerprint density at radius 3 is 2.68 bits per heavy atom. The number of carboxylic acids is 1. The Hall–Kier alpha value is -1.78. The van der Waals surface area contributed by atoms with E-state index in [1.54, 1.807) is 6.20 Å². The van der Waals surface area contributed by atoms with E-state index in [9.17, 15) is 9.90 Å². The molecule has 1 aromatic rings. The van der Waals surface area contributed by atoms with Crippen LogP contribution in [0.25, 0.3) is 0 Å². The minimum Gasteiger partial charge on any atom is -0.478 e. The summed E-state index contributed by atoms with van der Waals surface area (Å²) in [6.07, 6.45) is 4.87. The van der Waals surface area contributed by atoms with Crippen molar-refractivity contribution in [1.82, 2.24) is 4.98 Å². The summed E-state index contributed by atoms with van der Waals surface area (Å²) in [5.74, 6) is -0.733. The highest BCUT2D eigenvalue weighted by atomic mass is 16.4. The van der Waals surface area contributed by atoms with Gasteiger partial charge in [-0.15, -0.1) is 0 Å². The molecular weight excluding hydrogens is 242 g/mol. The van der Waals surface area contributed by atoms with Gasteiger partial charge in [-0.2, -0.15) is 0 Å². The van der Waals surface area contributed by atoms with E-state index in [-0.39, 0.29) is 17.4 Å². The summed E-state index contributed by atoms with van der Waals surface area (Å²) in [5, 5.41) is 9.28. The summed E-state index contributed by atoms with van der Waals surface area (Å²) < 4.78 is 0. The topological polar surface area (TPSA) is 79.5 Å². The molecule has 5 heteroatoms. The van der Waals surface area contributed by atoms with Crippen molar-refractivity contribution in [3.63, 3.8) is 0 Å². The first kappa shape index (κ1) is 15.3. The van der Waals surface area contributed by atoms with Crippen molar-refractivity contribution in [1.29, 1.82) is 0 Å². The first-order valence-electron chi connectivity index (χ1n) is 6.72. The quantitative estimate of drug-likeness (QED) is 0.741. The van der Waals surface area contributed by atoms with Gasteiger partial charge in [0.15, 0.2) is 0 Å². The molecule has 0 aliphatic rings. The number of unbranched alkanes of at least 4 members (excludes halogenated alkanes) is 2. The molecule has 3 N–H and O–H groups in total. The first-order chi connectivity index (χ1) is 8.97. The Morgan fingerprint density at radius 2 is 2.16 bits per heavy atom. The summed E-state index contributed by atoms with van der Waals surface area (Å²) in [6, 6.07) is 1.65. The first-order valence-corrected chi connectivity index (χ1v) is 6.72. The highest BCUT2D eigenvalue weighted by Crippen LogP contribution is 2.24. The Bertz CT molecular complexity index is 433. The van der Waals surface area contributed by atoms with Gasteiger partial charge in [0, 0.05) is 12.6 Å². The minimum absolute atomic E-state index is 0.220. The molecule has 1 rings (SSSR count). The van der Waals surface area contributed by atoms with Gasteiger partial charge < -0.3 is 15.7 Å². The second-order valence-electron chi connectivity index (χ2n) is 4.93. The van der Waals surface area contributed by atoms with Crippen LogP contribution in [0.1, 0.15) is 50.4 Å². The van der Waals surface area contributed by atoms with E-state index < -0.39 is 5.97 Å². The van der Waals surface area contributed by atoms with E-state index in [0.29, 0.717) is 5.69 Å². The predicted molar refractivity (Wildman–Crippen MR) is 77.6 cm³/mol. The molecular formula is C14H23N3O2. The van der Waals surface area contributed by atoms with Crippen molar-refractivity contribution >= 4 is 17.5 Å². The Balaban J connectivity index is 3.04. The van der Waals surface area contributed by atoms with Crippen molar-refractivity contribution in [2.24, 2.45) is 0 Å². The Morgan fingerprint density at radius 1 is 1.47 bits per heavy atom. The molecule has 19 heavy (non-hydrogen) atoms. The lowest BCUT2D eigenvalue weighted by molar-refractivity contribution is 0.0697. The smallest absolute Gasteiger partial charge is 0.338 e. The highest BCUT2D eigenvalue weighted by Gasteiger charge is 2.19. The number of rotatable bonds is 7. The zero-order valence-corrected chi connectivity index (χ0v) is 11.9. The van der Waals surface area contributed by atoms with E-state index in [1.165, 1.54) is 6.07 Å². The number of nitrogens with two attached hydrogens (primary N) is 1. The largest absolute Gasteiger partial charge is 0.478 e. The maximum absolute atomic E-state index is 11.3. The number of aromatic nitrogens is 1. The van der Waals surface area contributed by atoms with Gasteiger partial charge in [-0.25, -0.2) is 9.78 Å². The molecule has 0 saturated heterocycles. The van der Waals surface area contributed by atoms with E-state index in [4.69, 9.17) is 5.73 Å². The van der Waals surface area contributed by atoms with Gasteiger partial charge in [0.1, 0.15) is 5.82 Å². The number of nitrogens with zero attached hydrogens (tertiary/aromatic N) is 2. The van der Waals surface area contributed by atoms with Crippen LogP contribution in [0, 0.1) is 0 Å². The molecule has 0 aromatic carbocycles. The van der Waals surface area contributed by atoms with Crippen LogP contribution >= 0.6 is 0 Å². The minimum atomic E-state index is -0.967. The predicted octanol–water partition coefficient (Wildman–Crippen LogP) is 2.77. The molecule has 106 valence electrons. The molecule has 0 aliphatic carbocycles. The molecule has 0 saturated carbocycles. The molecule has 0 fully saturated rings. The number of hydrogen-bond donors (Lipinski definition) is 2. The van der Waals surface area contributed by atoms with Crippen LogP contribution in [-0.2, 0) is 0 Å². The molecule has 5 nitrogen and oxygen atoms in total. The van der Waals surface area contributed by atoms with Crippen molar-refractivity contribution in [3.05, 3.63) is 17.8 Å². The maximum atomic E-state index is 11.3. The van der Waals surface area contributed by atoms with Crippen LogP contribution in [-0.4, -0.2) is 28.6 Å². The monoisotopic (exact) mass is 265 g/mol.